The molecule has 0 aliphatic rings. The Hall–Kier alpha value is -2.24. The minimum Gasteiger partial charge on any atom is -0.313 e. The zero-order chi connectivity index (χ0) is 10.7. The van der Waals surface area contributed by atoms with E-state index in [0.717, 1.165) is 5.69 Å². The molecule has 0 saturated heterocycles. The summed E-state index contributed by atoms with van der Waals surface area (Å²) in [5.41, 5.74) is 0.796. The first-order valence-electron chi connectivity index (χ1n) is 4.33. The van der Waals surface area contributed by atoms with Gasteiger partial charge in [-0.3, -0.25) is 9.48 Å². The van der Waals surface area contributed by atoms with Gasteiger partial charge in [-0.05, 0) is 12.1 Å². The third kappa shape index (κ3) is 1.83. The number of amides is 1. The van der Waals surface area contributed by atoms with E-state index >= 15 is 0 Å². The summed E-state index contributed by atoms with van der Waals surface area (Å²) >= 11 is 0. The molecular formula is C9H9N5O. The predicted octanol–water partition coefficient (Wildman–Crippen LogP) is 0.445. The van der Waals surface area contributed by atoms with E-state index in [0.29, 0.717) is 18.1 Å². The van der Waals surface area contributed by atoms with Gasteiger partial charge in [-0.2, -0.15) is 5.10 Å². The van der Waals surface area contributed by atoms with E-state index in [1.807, 2.05) is 0 Å². The van der Waals surface area contributed by atoms with Gasteiger partial charge in [-0.1, -0.05) is 0 Å². The smallest absolute Gasteiger partial charge is 0.212 e. The van der Waals surface area contributed by atoms with Crippen LogP contribution in [0, 0.1) is 0 Å². The Morgan fingerprint density at radius 1 is 1.40 bits per heavy atom. The van der Waals surface area contributed by atoms with E-state index in [1.165, 1.54) is 0 Å². The lowest BCUT2D eigenvalue weighted by Crippen LogP contribution is -2.01. The lowest BCUT2D eigenvalue weighted by atomic mass is 10.4. The minimum absolute atomic E-state index is 0.469. The maximum absolute atomic E-state index is 10.2. The van der Waals surface area contributed by atoms with E-state index in [1.54, 1.807) is 36.3 Å². The third-order valence-electron chi connectivity index (χ3n) is 1.91. The molecule has 0 bridgehead atoms. The molecule has 1 N–H and O–H groups in total. The van der Waals surface area contributed by atoms with Crippen LogP contribution in [-0.2, 0) is 11.8 Å². The molecule has 6 nitrogen and oxygen atoms in total. The quantitative estimate of drug-likeness (QED) is 0.735. The third-order valence-corrected chi connectivity index (χ3v) is 1.91. The van der Waals surface area contributed by atoms with Gasteiger partial charge in [0.15, 0.2) is 5.82 Å². The van der Waals surface area contributed by atoms with Crippen LogP contribution in [0.15, 0.2) is 24.5 Å². The standard InChI is InChI=1S/C9H9N5O/c1-14-7(2-5-12-14)9-10-4-3-8(13-9)11-6-15/h2-6H,1H3,(H,10,11,13,15). The van der Waals surface area contributed by atoms with Gasteiger partial charge in [0.25, 0.3) is 0 Å². The van der Waals surface area contributed by atoms with Crippen LogP contribution in [0.5, 0.6) is 0 Å². The Morgan fingerprint density at radius 3 is 2.93 bits per heavy atom. The highest BCUT2D eigenvalue weighted by Gasteiger charge is 2.05. The zero-order valence-electron chi connectivity index (χ0n) is 8.08. The average Bonchev–Trinajstić information content (AvgIpc) is 2.65. The number of rotatable bonds is 3. The Labute approximate surface area is 86.0 Å². The van der Waals surface area contributed by atoms with Crippen LogP contribution in [0.2, 0.25) is 0 Å². The van der Waals surface area contributed by atoms with Crippen molar-refractivity contribution in [2.45, 2.75) is 0 Å². The van der Waals surface area contributed by atoms with Gasteiger partial charge >= 0.3 is 0 Å². The molecule has 0 saturated carbocycles. The number of hydrogen-bond acceptors (Lipinski definition) is 4. The average molecular weight is 203 g/mol. The number of anilines is 1. The fourth-order valence-electron chi connectivity index (χ4n) is 1.22. The van der Waals surface area contributed by atoms with Crippen molar-refractivity contribution in [3.05, 3.63) is 24.5 Å². The molecule has 6 heteroatoms. The fraction of sp³-hybridized carbons (Fsp3) is 0.111. The molecule has 0 spiro atoms. The summed E-state index contributed by atoms with van der Waals surface area (Å²) in [4.78, 5) is 18.5. The summed E-state index contributed by atoms with van der Waals surface area (Å²) in [6, 6.07) is 3.42. The topological polar surface area (TPSA) is 72.7 Å². The molecule has 2 aromatic rings. The molecule has 0 radical (unpaired) electrons. The van der Waals surface area contributed by atoms with Gasteiger partial charge in [0.2, 0.25) is 6.41 Å². The Morgan fingerprint density at radius 2 is 2.27 bits per heavy atom. The van der Waals surface area contributed by atoms with Gasteiger partial charge in [-0.25, -0.2) is 9.97 Å². The largest absolute Gasteiger partial charge is 0.313 e. The molecule has 0 fully saturated rings. The molecule has 0 aromatic carbocycles. The van der Waals surface area contributed by atoms with Crippen molar-refractivity contribution in [1.82, 2.24) is 19.7 Å². The Bertz CT molecular complexity index is 479. The maximum atomic E-state index is 10.2. The normalized spacial score (nSPS) is 9.93. The lowest BCUT2D eigenvalue weighted by Gasteiger charge is -2.02. The monoisotopic (exact) mass is 203 g/mol. The molecule has 2 heterocycles. The van der Waals surface area contributed by atoms with Crippen LogP contribution in [0.25, 0.3) is 11.5 Å². The second kappa shape index (κ2) is 3.87. The van der Waals surface area contributed by atoms with Crippen LogP contribution >= 0.6 is 0 Å². The minimum atomic E-state index is 0.469. The zero-order valence-corrected chi connectivity index (χ0v) is 8.08. The van der Waals surface area contributed by atoms with Crippen LogP contribution < -0.4 is 5.32 Å². The molecule has 0 unspecified atom stereocenters. The van der Waals surface area contributed by atoms with E-state index in [4.69, 9.17) is 0 Å². The van der Waals surface area contributed by atoms with Crippen molar-refractivity contribution < 1.29 is 4.79 Å². The molecule has 2 aromatic heterocycles. The predicted molar refractivity (Wildman–Crippen MR) is 53.9 cm³/mol. The molecule has 0 aliphatic heterocycles. The van der Waals surface area contributed by atoms with E-state index in [9.17, 15) is 4.79 Å². The first-order chi connectivity index (χ1) is 7.31. The first-order valence-corrected chi connectivity index (χ1v) is 4.33. The van der Waals surface area contributed by atoms with Crippen molar-refractivity contribution in [3.63, 3.8) is 0 Å². The highest BCUT2D eigenvalue weighted by Crippen LogP contribution is 2.14. The number of nitrogens with one attached hydrogen (secondary N) is 1. The van der Waals surface area contributed by atoms with Gasteiger partial charge in [0, 0.05) is 19.4 Å². The Kier molecular flexibility index (Phi) is 2.40. The van der Waals surface area contributed by atoms with Crippen molar-refractivity contribution in [2.75, 3.05) is 5.32 Å². The van der Waals surface area contributed by atoms with Crippen LogP contribution in [-0.4, -0.2) is 26.2 Å². The fourth-order valence-corrected chi connectivity index (χ4v) is 1.22. The van der Waals surface area contributed by atoms with Gasteiger partial charge in [0.1, 0.15) is 11.5 Å². The molecular weight excluding hydrogens is 194 g/mol. The van der Waals surface area contributed by atoms with Gasteiger partial charge < -0.3 is 5.32 Å². The van der Waals surface area contributed by atoms with Crippen LogP contribution in [0.1, 0.15) is 0 Å². The summed E-state index contributed by atoms with van der Waals surface area (Å²) in [6.45, 7) is 0. The van der Waals surface area contributed by atoms with E-state index in [-0.39, 0.29) is 0 Å². The van der Waals surface area contributed by atoms with Crippen molar-refractivity contribution in [2.24, 2.45) is 7.05 Å². The van der Waals surface area contributed by atoms with Crippen LogP contribution in [0.4, 0.5) is 5.82 Å². The van der Waals surface area contributed by atoms with Crippen LogP contribution in [0.3, 0.4) is 0 Å². The second-order valence-electron chi connectivity index (χ2n) is 2.87. The number of aryl methyl sites for hydroxylation is 1. The summed E-state index contributed by atoms with van der Waals surface area (Å²) in [7, 11) is 1.80. The Balaban J connectivity index is 2.41. The summed E-state index contributed by atoms with van der Waals surface area (Å²) < 4.78 is 1.67. The van der Waals surface area contributed by atoms with Crippen molar-refractivity contribution >= 4 is 12.2 Å². The van der Waals surface area contributed by atoms with Gasteiger partial charge in [-0.15, -0.1) is 0 Å². The number of carbonyl (C=O) groups excluding carboxylic acids is 1. The van der Waals surface area contributed by atoms with Crippen molar-refractivity contribution in [1.29, 1.82) is 0 Å². The van der Waals surface area contributed by atoms with E-state index in [2.05, 4.69) is 20.4 Å². The number of nitrogens with zero attached hydrogens (tertiary/aromatic N) is 4. The van der Waals surface area contributed by atoms with E-state index < -0.39 is 0 Å². The maximum Gasteiger partial charge on any atom is 0.212 e. The lowest BCUT2D eigenvalue weighted by molar-refractivity contribution is -0.105. The SMILES string of the molecule is Cn1nccc1-c1nccc(NC=O)n1. The molecule has 15 heavy (non-hydrogen) atoms. The van der Waals surface area contributed by atoms with Gasteiger partial charge in [0.05, 0.1) is 0 Å². The number of aromatic nitrogens is 4. The molecule has 2 rings (SSSR count). The highest BCUT2D eigenvalue weighted by molar-refractivity contribution is 5.69. The summed E-state index contributed by atoms with van der Waals surface area (Å²) in [5.74, 6) is 0.998. The summed E-state index contributed by atoms with van der Waals surface area (Å²) in [6.07, 6.45) is 3.83. The molecule has 1 amide bonds. The number of carbonyl (C=O) groups is 1. The molecule has 76 valence electrons. The molecule has 0 aliphatic carbocycles. The first kappa shape index (κ1) is 9.32. The van der Waals surface area contributed by atoms with Crippen molar-refractivity contribution in [3.8, 4) is 11.5 Å². The summed E-state index contributed by atoms with van der Waals surface area (Å²) in [5, 5.41) is 6.48. The highest BCUT2D eigenvalue weighted by atomic mass is 16.1. The molecule has 0 atom stereocenters. The second-order valence-corrected chi connectivity index (χ2v) is 2.87. The number of hydrogen-bond donors (Lipinski definition) is 1.